The van der Waals surface area contributed by atoms with Gasteiger partial charge in [0.15, 0.2) is 0 Å². The molecular weight excluding hydrogens is 400 g/mol. The molecule has 0 unspecified atom stereocenters. The van der Waals surface area contributed by atoms with Gasteiger partial charge in [-0.2, -0.15) is 0 Å². The molecule has 0 aromatic heterocycles. The Balaban J connectivity index is 1.56. The van der Waals surface area contributed by atoms with Crippen molar-refractivity contribution >= 4 is 23.5 Å². The molecule has 0 spiro atoms. The van der Waals surface area contributed by atoms with Gasteiger partial charge in [-0.05, 0) is 55.0 Å². The molecule has 2 aromatic rings. The number of ether oxygens (including phenoxy) is 2. The number of carbonyl (C=O) groups excluding carboxylic acids is 2. The Kier molecular flexibility index (Phi) is 8.84. The van der Waals surface area contributed by atoms with E-state index in [-0.39, 0.29) is 31.4 Å². The van der Waals surface area contributed by atoms with Gasteiger partial charge in [-0.25, -0.2) is 0 Å². The molecule has 0 heterocycles. The minimum atomic E-state index is -0.740. The van der Waals surface area contributed by atoms with Crippen LogP contribution in [0.15, 0.2) is 48.5 Å². The first kappa shape index (κ1) is 23.2. The Morgan fingerprint density at radius 1 is 0.710 bits per heavy atom. The molecule has 2 amide bonds. The van der Waals surface area contributed by atoms with Crippen LogP contribution in [0.25, 0.3) is 0 Å². The van der Waals surface area contributed by atoms with Gasteiger partial charge in [0.1, 0.15) is 29.8 Å². The number of nitrogens with two attached hydrogens (primary N) is 2. The maximum atomic E-state index is 11.8. The van der Waals surface area contributed by atoms with Gasteiger partial charge < -0.3 is 31.6 Å². The molecule has 31 heavy (non-hydrogen) atoms. The number of hydrogen-bond donors (Lipinski definition) is 6. The number of carbonyl (C=O) groups is 2. The number of amides is 2. The van der Waals surface area contributed by atoms with Crippen LogP contribution in [0.1, 0.15) is 17.5 Å². The largest absolute Gasteiger partial charge is 0.494 e. The molecule has 2 rings (SSSR count). The molecule has 0 aliphatic heterocycles. The SMILES string of the molecule is N=C(N)c1ccc(OCCCNC(=O)C(=O)NCCOc2ccc(C(=N)N)cc2)cc1. The van der Waals surface area contributed by atoms with Gasteiger partial charge in [-0.15, -0.1) is 0 Å². The molecule has 2 aromatic carbocycles. The van der Waals surface area contributed by atoms with Crippen molar-refractivity contribution in [3.8, 4) is 11.5 Å². The minimum Gasteiger partial charge on any atom is -0.494 e. The van der Waals surface area contributed by atoms with E-state index in [4.69, 9.17) is 31.8 Å². The predicted octanol–water partition coefficient (Wildman–Crippen LogP) is 0.335. The Morgan fingerprint density at radius 2 is 1.13 bits per heavy atom. The topological polar surface area (TPSA) is 176 Å². The molecule has 0 aliphatic rings. The van der Waals surface area contributed by atoms with Gasteiger partial charge in [-0.3, -0.25) is 20.4 Å². The van der Waals surface area contributed by atoms with Gasteiger partial charge in [0.2, 0.25) is 0 Å². The average Bonchev–Trinajstić information content (AvgIpc) is 2.76. The van der Waals surface area contributed by atoms with Gasteiger partial charge >= 0.3 is 11.8 Å². The summed E-state index contributed by atoms with van der Waals surface area (Å²) in [6.45, 7) is 1.00. The maximum absolute atomic E-state index is 11.8. The van der Waals surface area contributed by atoms with E-state index in [1.807, 2.05) is 0 Å². The zero-order valence-electron chi connectivity index (χ0n) is 16.9. The molecule has 0 bridgehead atoms. The molecule has 0 saturated heterocycles. The number of benzene rings is 2. The van der Waals surface area contributed by atoms with Crippen LogP contribution in [0, 0.1) is 10.8 Å². The Morgan fingerprint density at radius 3 is 1.58 bits per heavy atom. The monoisotopic (exact) mass is 426 g/mol. The highest BCUT2D eigenvalue weighted by Gasteiger charge is 2.11. The highest BCUT2D eigenvalue weighted by Crippen LogP contribution is 2.12. The number of rotatable bonds is 11. The number of nitrogens with one attached hydrogen (secondary N) is 4. The molecule has 10 heteroatoms. The van der Waals surface area contributed by atoms with Crippen molar-refractivity contribution in [2.24, 2.45) is 11.5 Å². The molecule has 0 atom stereocenters. The maximum Gasteiger partial charge on any atom is 0.309 e. The third-order valence-corrected chi connectivity index (χ3v) is 4.07. The normalized spacial score (nSPS) is 10.1. The van der Waals surface area contributed by atoms with E-state index < -0.39 is 11.8 Å². The standard InChI is InChI=1S/C21H26N6O4/c22-18(23)14-2-6-16(7-3-14)30-12-1-10-26-20(28)21(29)27-11-13-31-17-8-4-15(5-9-17)19(24)25/h2-9H,1,10-13H2,(H3,22,23)(H3,24,25)(H,26,28)(H,27,29). The summed E-state index contributed by atoms with van der Waals surface area (Å²) in [4.78, 5) is 23.5. The smallest absolute Gasteiger partial charge is 0.309 e. The molecule has 0 aliphatic carbocycles. The summed E-state index contributed by atoms with van der Waals surface area (Å²) >= 11 is 0. The van der Waals surface area contributed by atoms with Crippen molar-refractivity contribution < 1.29 is 19.1 Å². The Labute approximate surface area is 179 Å². The Bertz CT molecular complexity index is 912. The molecule has 0 radical (unpaired) electrons. The molecule has 0 saturated carbocycles. The minimum absolute atomic E-state index is 0.0116. The highest BCUT2D eigenvalue weighted by atomic mass is 16.5. The summed E-state index contributed by atoms with van der Waals surface area (Å²) < 4.78 is 11.0. The predicted molar refractivity (Wildman–Crippen MR) is 117 cm³/mol. The Hall–Kier alpha value is -4.08. The van der Waals surface area contributed by atoms with E-state index in [1.165, 1.54) is 0 Å². The van der Waals surface area contributed by atoms with Crippen LogP contribution in [0.2, 0.25) is 0 Å². The van der Waals surface area contributed by atoms with Gasteiger partial charge in [0.05, 0.1) is 13.2 Å². The van der Waals surface area contributed by atoms with Crippen molar-refractivity contribution in [2.75, 3.05) is 26.3 Å². The fourth-order valence-corrected chi connectivity index (χ4v) is 2.42. The van der Waals surface area contributed by atoms with Crippen molar-refractivity contribution in [3.05, 3.63) is 59.7 Å². The number of nitrogen functional groups attached to an aromatic ring is 2. The van der Waals surface area contributed by atoms with Crippen molar-refractivity contribution in [2.45, 2.75) is 6.42 Å². The first-order valence-corrected chi connectivity index (χ1v) is 9.57. The summed E-state index contributed by atoms with van der Waals surface area (Å²) in [5.41, 5.74) is 12.0. The number of amidine groups is 2. The molecule has 8 N–H and O–H groups in total. The summed E-state index contributed by atoms with van der Waals surface area (Å²) in [7, 11) is 0. The lowest BCUT2D eigenvalue weighted by atomic mass is 10.2. The first-order valence-electron chi connectivity index (χ1n) is 9.57. The fraction of sp³-hybridized carbons (Fsp3) is 0.238. The van der Waals surface area contributed by atoms with E-state index in [0.717, 1.165) is 0 Å². The van der Waals surface area contributed by atoms with Crippen LogP contribution in [0.4, 0.5) is 0 Å². The highest BCUT2D eigenvalue weighted by molar-refractivity contribution is 6.35. The van der Waals surface area contributed by atoms with E-state index in [1.54, 1.807) is 48.5 Å². The van der Waals surface area contributed by atoms with Crippen LogP contribution < -0.4 is 31.6 Å². The third kappa shape index (κ3) is 8.05. The average molecular weight is 426 g/mol. The fourth-order valence-electron chi connectivity index (χ4n) is 2.42. The molecule has 164 valence electrons. The van der Waals surface area contributed by atoms with Crippen LogP contribution in [0.5, 0.6) is 11.5 Å². The molecule has 10 nitrogen and oxygen atoms in total. The van der Waals surface area contributed by atoms with Gasteiger partial charge in [0.25, 0.3) is 0 Å². The number of hydrogen-bond acceptors (Lipinski definition) is 6. The van der Waals surface area contributed by atoms with Crippen LogP contribution in [-0.4, -0.2) is 49.8 Å². The second-order valence-electron chi connectivity index (χ2n) is 6.44. The summed E-state index contributed by atoms with van der Waals surface area (Å²) in [5, 5.41) is 19.7. The van der Waals surface area contributed by atoms with E-state index in [2.05, 4.69) is 10.6 Å². The molecular formula is C21H26N6O4. The van der Waals surface area contributed by atoms with Crippen LogP contribution in [0.3, 0.4) is 0 Å². The summed E-state index contributed by atoms with van der Waals surface area (Å²) in [6.07, 6.45) is 0.521. The van der Waals surface area contributed by atoms with E-state index in [9.17, 15) is 9.59 Å². The summed E-state index contributed by atoms with van der Waals surface area (Å²) in [6, 6.07) is 13.5. The summed E-state index contributed by atoms with van der Waals surface area (Å²) in [5.74, 6) is -0.306. The van der Waals surface area contributed by atoms with Crippen LogP contribution in [-0.2, 0) is 9.59 Å². The van der Waals surface area contributed by atoms with E-state index >= 15 is 0 Å². The second kappa shape index (κ2) is 11.8. The third-order valence-electron chi connectivity index (χ3n) is 4.07. The zero-order valence-corrected chi connectivity index (χ0v) is 16.9. The molecule has 0 fully saturated rings. The van der Waals surface area contributed by atoms with Crippen molar-refractivity contribution in [1.82, 2.24) is 10.6 Å². The lowest BCUT2D eigenvalue weighted by Crippen LogP contribution is -2.41. The van der Waals surface area contributed by atoms with Crippen molar-refractivity contribution in [1.29, 1.82) is 10.8 Å². The van der Waals surface area contributed by atoms with Crippen LogP contribution >= 0.6 is 0 Å². The zero-order chi connectivity index (χ0) is 22.6. The first-order chi connectivity index (χ1) is 14.9. The van der Waals surface area contributed by atoms with E-state index in [0.29, 0.717) is 35.7 Å². The van der Waals surface area contributed by atoms with Gasteiger partial charge in [-0.1, -0.05) is 0 Å². The van der Waals surface area contributed by atoms with Gasteiger partial charge in [0, 0.05) is 17.7 Å². The van der Waals surface area contributed by atoms with Crippen molar-refractivity contribution in [3.63, 3.8) is 0 Å². The lowest BCUT2D eigenvalue weighted by Gasteiger charge is -2.09. The lowest BCUT2D eigenvalue weighted by molar-refractivity contribution is -0.139. The second-order valence-corrected chi connectivity index (χ2v) is 6.44. The quantitative estimate of drug-likeness (QED) is 0.131.